The lowest BCUT2D eigenvalue weighted by atomic mass is 9.92. The Labute approximate surface area is 81.1 Å². The molecule has 1 unspecified atom stereocenters. The van der Waals surface area contributed by atoms with Crippen LogP contribution in [-0.2, 0) is 0 Å². The van der Waals surface area contributed by atoms with Gasteiger partial charge in [-0.2, -0.15) is 0 Å². The molecule has 0 bridgehead atoms. The molecule has 14 heavy (non-hydrogen) atoms. The highest BCUT2D eigenvalue weighted by atomic mass is 16.2. The molecule has 2 aliphatic rings. The number of ketones is 1. The second-order valence-electron chi connectivity index (χ2n) is 3.80. The lowest BCUT2D eigenvalue weighted by molar-refractivity contribution is 0.0931. The maximum Gasteiger partial charge on any atom is 0.251 e. The molecule has 1 aromatic carbocycles. The van der Waals surface area contributed by atoms with E-state index in [-0.39, 0.29) is 17.6 Å². The van der Waals surface area contributed by atoms with Gasteiger partial charge in [-0.05, 0) is 11.6 Å². The summed E-state index contributed by atoms with van der Waals surface area (Å²) in [6.45, 7) is 0.606. The van der Waals surface area contributed by atoms with Gasteiger partial charge < -0.3 is 5.32 Å². The Hall–Kier alpha value is -1.64. The number of carbonyl (C=O) groups excluding carboxylic acids is 2. The fourth-order valence-electron chi connectivity index (χ4n) is 2.37. The van der Waals surface area contributed by atoms with E-state index in [0.29, 0.717) is 18.5 Å². The molecule has 1 atom stereocenters. The fourth-order valence-corrected chi connectivity index (χ4v) is 2.37. The van der Waals surface area contributed by atoms with Crippen LogP contribution in [0.2, 0.25) is 0 Å². The van der Waals surface area contributed by atoms with Crippen LogP contribution in [0.15, 0.2) is 18.2 Å². The monoisotopic (exact) mass is 187 g/mol. The zero-order chi connectivity index (χ0) is 9.71. The third-order valence-electron chi connectivity index (χ3n) is 3.00. The summed E-state index contributed by atoms with van der Waals surface area (Å²) in [5.41, 5.74) is 2.41. The summed E-state index contributed by atoms with van der Waals surface area (Å²) in [6, 6.07) is 5.39. The molecular weight excluding hydrogens is 178 g/mol. The fraction of sp³-hybridized carbons (Fsp3) is 0.273. The normalized spacial score (nSPS) is 23.3. The van der Waals surface area contributed by atoms with E-state index in [1.807, 2.05) is 6.07 Å². The van der Waals surface area contributed by atoms with Crippen LogP contribution in [0.5, 0.6) is 0 Å². The second-order valence-corrected chi connectivity index (χ2v) is 3.80. The SMILES string of the molecule is O=C1CC2CNC(=O)c3cccc1c32. The maximum atomic E-state index is 11.6. The van der Waals surface area contributed by atoms with Gasteiger partial charge in [-0.15, -0.1) is 0 Å². The van der Waals surface area contributed by atoms with Crippen LogP contribution in [0, 0.1) is 0 Å². The first kappa shape index (κ1) is 7.74. The molecule has 3 rings (SSSR count). The van der Waals surface area contributed by atoms with Crippen LogP contribution in [0.25, 0.3) is 0 Å². The van der Waals surface area contributed by atoms with E-state index in [1.54, 1.807) is 12.1 Å². The van der Waals surface area contributed by atoms with Crippen LogP contribution in [0.1, 0.15) is 38.6 Å². The van der Waals surface area contributed by atoms with Gasteiger partial charge in [0.05, 0.1) is 0 Å². The topological polar surface area (TPSA) is 46.2 Å². The quantitative estimate of drug-likeness (QED) is 0.661. The Bertz CT molecular complexity index is 451. The van der Waals surface area contributed by atoms with E-state index in [4.69, 9.17) is 0 Å². The number of Topliss-reactive ketones (excluding diaryl/α,β-unsaturated/α-hetero) is 1. The molecule has 3 nitrogen and oxygen atoms in total. The predicted octanol–water partition coefficient (Wildman–Crippen LogP) is 1.10. The molecule has 70 valence electrons. The van der Waals surface area contributed by atoms with Gasteiger partial charge in [0.25, 0.3) is 5.91 Å². The van der Waals surface area contributed by atoms with Crippen molar-refractivity contribution in [3.8, 4) is 0 Å². The largest absolute Gasteiger partial charge is 0.351 e. The summed E-state index contributed by atoms with van der Waals surface area (Å²) < 4.78 is 0. The summed E-state index contributed by atoms with van der Waals surface area (Å²) >= 11 is 0. The number of hydrogen-bond acceptors (Lipinski definition) is 2. The summed E-state index contributed by atoms with van der Waals surface area (Å²) in [5.74, 6) is 0.336. The summed E-state index contributed by atoms with van der Waals surface area (Å²) in [5, 5.41) is 2.80. The molecule has 0 fully saturated rings. The van der Waals surface area contributed by atoms with Crippen molar-refractivity contribution in [2.24, 2.45) is 0 Å². The highest BCUT2D eigenvalue weighted by molar-refractivity contribution is 6.07. The predicted molar refractivity (Wildman–Crippen MR) is 50.5 cm³/mol. The maximum absolute atomic E-state index is 11.6. The minimum atomic E-state index is -0.0483. The first-order valence-electron chi connectivity index (χ1n) is 4.71. The molecule has 0 radical (unpaired) electrons. The van der Waals surface area contributed by atoms with E-state index in [9.17, 15) is 9.59 Å². The average Bonchev–Trinajstić information content (AvgIpc) is 2.52. The van der Waals surface area contributed by atoms with Gasteiger partial charge in [0.15, 0.2) is 5.78 Å². The molecule has 1 amide bonds. The Morgan fingerprint density at radius 2 is 2.00 bits per heavy atom. The number of rotatable bonds is 0. The van der Waals surface area contributed by atoms with Crippen LogP contribution < -0.4 is 5.32 Å². The van der Waals surface area contributed by atoms with E-state index in [2.05, 4.69) is 5.32 Å². The number of hydrogen-bond donors (Lipinski definition) is 1. The zero-order valence-corrected chi connectivity index (χ0v) is 7.54. The molecule has 1 aliphatic carbocycles. The first-order chi connectivity index (χ1) is 6.77. The first-order valence-corrected chi connectivity index (χ1v) is 4.71. The van der Waals surface area contributed by atoms with E-state index in [1.165, 1.54) is 0 Å². The smallest absolute Gasteiger partial charge is 0.251 e. The lowest BCUT2D eigenvalue weighted by Crippen LogP contribution is -2.33. The van der Waals surface area contributed by atoms with E-state index in [0.717, 1.165) is 11.1 Å². The number of carbonyl (C=O) groups is 2. The molecule has 0 saturated carbocycles. The highest BCUT2D eigenvalue weighted by Crippen LogP contribution is 2.37. The van der Waals surface area contributed by atoms with Crippen molar-refractivity contribution >= 4 is 11.7 Å². The van der Waals surface area contributed by atoms with Gasteiger partial charge in [0.1, 0.15) is 0 Å². The van der Waals surface area contributed by atoms with Crippen LogP contribution in [0.4, 0.5) is 0 Å². The van der Waals surface area contributed by atoms with Crippen molar-refractivity contribution in [3.63, 3.8) is 0 Å². The minimum absolute atomic E-state index is 0.0483. The Balaban J connectivity index is 2.32. The standard InChI is InChI=1S/C11H9NO2/c13-9-4-6-5-12-11(14)8-3-1-2-7(9)10(6)8/h1-3,6H,4-5H2,(H,12,14). The van der Waals surface area contributed by atoms with E-state index < -0.39 is 0 Å². The molecule has 1 aromatic rings. The second kappa shape index (κ2) is 2.44. The van der Waals surface area contributed by atoms with Crippen molar-refractivity contribution in [2.75, 3.05) is 6.54 Å². The molecule has 3 heteroatoms. The van der Waals surface area contributed by atoms with Gasteiger partial charge in [-0.1, -0.05) is 12.1 Å². The van der Waals surface area contributed by atoms with Gasteiger partial charge in [0, 0.05) is 30.0 Å². The number of benzene rings is 1. The van der Waals surface area contributed by atoms with Crippen LogP contribution >= 0.6 is 0 Å². The lowest BCUT2D eigenvalue weighted by Gasteiger charge is -2.20. The van der Waals surface area contributed by atoms with Crippen LogP contribution in [0.3, 0.4) is 0 Å². The number of amides is 1. The Morgan fingerprint density at radius 1 is 1.21 bits per heavy atom. The molecular formula is C11H9NO2. The third kappa shape index (κ3) is 0.816. The zero-order valence-electron chi connectivity index (χ0n) is 7.54. The Kier molecular flexibility index (Phi) is 1.35. The van der Waals surface area contributed by atoms with Gasteiger partial charge in [-0.25, -0.2) is 0 Å². The van der Waals surface area contributed by atoms with Gasteiger partial charge in [0.2, 0.25) is 0 Å². The molecule has 0 saturated heterocycles. The molecule has 1 aliphatic heterocycles. The van der Waals surface area contributed by atoms with Crippen molar-refractivity contribution in [2.45, 2.75) is 12.3 Å². The average molecular weight is 187 g/mol. The summed E-state index contributed by atoms with van der Waals surface area (Å²) in [7, 11) is 0. The van der Waals surface area contributed by atoms with E-state index >= 15 is 0 Å². The number of nitrogens with one attached hydrogen (secondary N) is 1. The van der Waals surface area contributed by atoms with Gasteiger partial charge in [-0.3, -0.25) is 9.59 Å². The van der Waals surface area contributed by atoms with Crippen molar-refractivity contribution in [1.29, 1.82) is 0 Å². The third-order valence-corrected chi connectivity index (χ3v) is 3.00. The Morgan fingerprint density at radius 3 is 2.86 bits per heavy atom. The molecule has 0 aromatic heterocycles. The van der Waals surface area contributed by atoms with Crippen molar-refractivity contribution < 1.29 is 9.59 Å². The summed E-state index contributed by atoms with van der Waals surface area (Å²) in [6.07, 6.45) is 0.548. The molecule has 1 N–H and O–H groups in total. The summed E-state index contributed by atoms with van der Waals surface area (Å²) in [4.78, 5) is 23.1. The highest BCUT2D eigenvalue weighted by Gasteiger charge is 2.35. The molecule has 0 spiro atoms. The minimum Gasteiger partial charge on any atom is -0.351 e. The van der Waals surface area contributed by atoms with Crippen molar-refractivity contribution in [1.82, 2.24) is 5.32 Å². The van der Waals surface area contributed by atoms with Crippen molar-refractivity contribution in [3.05, 3.63) is 34.9 Å². The van der Waals surface area contributed by atoms with Gasteiger partial charge >= 0.3 is 0 Å². The molecule has 1 heterocycles. The van der Waals surface area contributed by atoms with Crippen LogP contribution in [-0.4, -0.2) is 18.2 Å².